The molecule has 0 spiro atoms. The van der Waals surface area contributed by atoms with Gasteiger partial charge < -0.3 is 10.3 Å². The third kappa shape index (κ3) is 3.23. The molecule has 0 saturated heterocycles. The number of aromatic amines is 1. The molecule has 130 valence electrons. The van der Waals surface area contributed by atoms with Gasteiger partial charge in [0.1, 0.15) is 5.65 Å². The third-order valence-corrected chi connectivity index (χ3v) is 5.22. The van der Waals surface area contributed by atoms with Gasteiger partial charge in [-0.1, -0.05) is 12.8 Å². The van der Waals surface area contributed by atoms with E-state index < -0.39 is 0 Å². The van der Waals surface area contributed by atoms with Crippen LogP contribution >= 0.6 is 0 Å². The first-order chi connectivity index (χ1) is 11.5. The maximum atomic E-state index is 12.4. The molecule has 2 N–H and O–H groups in total. The lowest BCUT2D eigenvalue weighted by Crippen LogP contribution is -2.29. The molecule has 0 aliphatic heterocycles. The number of H-pyrrole nitrogens is 1. The Bertz CT molecular complexity index is 813. The second kappa shape index (κ2) is 6.79. The maximum absolute atomic E-state index is 12.4. The number of carbonyl (C=O) groups is 1. The third-order valence-electron chi connectivity index (χ3n) is 5.22. The molecule has 3 rings (SSSR count). The summed E-state index contributed by atoms with van der Waals surface area (Å²) in [6.45, 7) is 4.65. The van der Waals surface area contributed by atoms with E-state index in [-0.39, 0.29) is 11.5 Å². The van der Waals surface area contributed by atoms with Gasteiger partial charge in [0.25, 0.3) is 5.56 Å². The van der Waals surface area contributed by atoms with Gasteiger partial charge in [0.05, 0.1) is 5.69 Å². The Balaban J connectivity index is 1.69. The normalized spacial score (nSPS) is 15.3. The first-order valence-corrected chi connectivity index (χ1v) is 8.79. The Morgan fingerprint density at radius 2 is 2.04 bits per heavy atom. The van der Waals surface area contributed by atoms with Gasteiger partial charge in [-0.3, -0.25) is 14.3 Å². The zero-order chi connectivity index (χ0) is 17.3. The largest absolute Gasteiger partial charge is 0.356 e. The van der Waals surface area contributed by atoms with E-state index in [1.807, 2.05) is 20.9 Å². The summed E-state index contributed by atoms with van der Waals surface area (Å²) in [6.07, 6.45) is 5.80. The molecule has 2 aromatic heterocycles. The molecule has 6 nitrogen and oxygen atoms in total. The van der Waals surface area contributed by atoms with Gasteiger partial charge in [-0.05, 0) is 44.6 Å². The van der Waals surface area contributed by atoms with E-state index in [9.17, 15) is 9.59 Å². The number of carbonyl (C=O) groups excluding carboxylic acids is 1. The van der Waals surface area contributed by atoms with Gasteiger partial charge >= 0.3 is 0 Å². The highest BCUT2D eigenvalue weighted by Crippen LogP contribution is 2.24. The first kappa shape index (κ1) is 16.7. The Labute approximate surface area is 141 Å². The summed E-state index contributed by atoms with van der Waals surface area (Å²) in [7, 11) is 1.82. The zero-order valence-electron chi connectivity index (χ0n) is 14.7. The second-order valence-electron chi connectivity index (χ2n) is 6.94. The van der Waals surface area contributed by atoms with Crippen molar-refractivity contribution in [3.8, 4) is 0 Å². The number of rotatable bonds is 5. The predicted octanol–water partition coefficient (Wildman–Crippen LogP) is 2.12. The summed E-state index contributed by atoms with van der Waals surface area (Å²) < 4.78 is 1.69. The number of hydrogen-bond acceptors (Lipinski definition) is 3. The summed E-state index contributed by atoms with van der Waals surface area (Å²) in [5.74, 6) is 0.664. The minimum Gasteiger partial charge on any atom is -0.356 e. The monoisotopic (exact) mass is 330 g/mol. The number of hydrogen-bond donors (Lipinski definition) is 2. The molecule has 0 radical (unpaired) electrons. The van der Waals surface area contributed by atoms with E-state index in [1.165, 1.54) is 25.7 Å². The van der Waals surface area contributed by atoms with Crippen LogP contribution in [0.5, 0.6) is 0 Å². The molecule has 0 bridgehead atoms. The summed E-state index contributed by atoms with van der Waals surface area (Å²) in [6, 6.07) is 0. The van der Waals surface area contributed by atoms with E-state index in [4.69, 9.17) is 0 Å². The quantitative estimate of drug-likeness (QED) is 0.881. The Morgan fingerprint density at radius 3 is 2.75 bits per heavy atom. The van der Waals surface area contributed by atoms with Gasteiger partial charge in [-0.2, -0.15) is 5.10 Å². The number of pyridine rings is 1. The molecule has 24 heavy (non-hydrogen) atoms. The standard InChI is InChI=1S/C18H26N4O2/c1-11-14(8-9-15(23)19-10-13-6-4-5-7-13)18(24)20-17-16(11)12(2)21-22(17)3/h13H,4-10H2,1-3H3,(H,19,23)(H,20,24). The van der Waals surface area contributed by atoms with Crippen LogP contribution < -0.4 is 10.9 Å². The van der Waals surface area contributed by atoms with Gasteiger partial charge in [-0.25, -0.2) is 0 Å². The van der Waals surface area contributed by atoms with Crippen LogP contribution in [-0.2, 0) is 18.3 Å². The smallest absolute Gasteiger partial charge is 0.253 e. The Kier molecular flexibility index (Phi) is 4.73. The molecule has 0 unspecified atom stereocenters. The molecule has 2 heterocycles. The van der Waals surface area contributed by atoms with E-state index >= 15 is 0 Å². The van der Waals surface area contributed by atoms with E-state index in [0.717, 1.165) is 28.8 Å². The highest BCUT2D eigenvalue weighted by molar-refractivity contribution is 5.83. The minimum absolute atomic E-state index is 0.0312. The molecule has 1 saturated carbocycles. The van der Waals surface area contributed by atoms with Crippen molar-refractivity contribution in [1.29, 1.82) is 0 Å². The van der Waals surface area contributed by atoms with E-state index in [0.29, 0.717) is 24.3 Å². The number of aryl methyl sites for hydroxylation is 3. The van der Waals surface area contributed by atoms with Crippen LogP contribution in [0.3, 0.4) is 0 Å². The number of nitrogens with one attached hydrogen (secondary N) is 2. The van der Waals surface area contributed by atoms with Gasteiger partial charge in [0.2, 0.25) is 5.91 Å². The van der Waals surface area contributed by atoms with Crippen molar-refractivity contribution >= 4 is 16.9 Å². The number of fused-ring (bicyclic) bond motifs is 1. The van der Waals surface area contributed by atoms with Crippen LogP contribution in [0.4, 0.5) is 0 Å². The fraction of sp³-hybridized carbons (Fsp3) is 0.611. The molecule has 1 fully saturated rings. The van der Waals surface area contributed by atoms with E-state index in [1.54, 1.807) is 4.68 Å². The summed E-state index contributed by atoms with van der Waals surface area (Å²) in [4.78, 5) is 27.4. The Hall–Kier alpha value is -2.11. The molecule has 1 aliphatic carbocycles. The van der Waals surface area contributed by atoms with E-state index in [2.05, 4.69) is 15.4 Å². The molecule has 1 amide bonds. The lowest BCUT2D eigenvalue weighted by molar-refractivity contribution is -0.121. The second-order valence-corrected chi connectivity index (χ2v) is 6.94. The van der Waals surface area contributed by atoms with Crippen molar-refractivity contribution in [2.75, 3.05) is 6.54 Å². The highest BCUT2D eigenvalue weighted by atomic mass is 16.1. The lowest BCUT2D eigenvalue weighted by Gasteiger charge is -2.11. The molecular formula is C18H26N4O2. The van der Waals surface area contributed by atoms with Crippen LogP contribution in [-0.4, -0.2) is 27.2 Å². The van der Waals surface area contributed by atoms with Crippen molar-refractivity contribution in [1.82, 2.24) is 20.1 Å². The molecule has 1 aliphatic rings. The molecule has 0 atom stereocenters. The topological polar surface area (TPSA) is 79.8 Å². The maximum Gasteiger partial charge on any atom is 0.253 e. The average molecular weight is 330 g/mol. The van der Waals surface area contributed by atoms with Crippen LogP contribution in [0.1, 0.15) is 48.9 Å². The highest BCUT2D eigenvalue weighted by Gasteiger charge is 2.17. The van der Waals surface area contributed by atoms with Crippen molar-refractivity contribution in [3.05, 3.63) is 27.2 Å². The molecule has 6 heteroatoms. The van der Waals surface area contributed by atoms with Crippen molar-refractivity contribution in [3.63, 3.8) is 0 Å². The molecule has 0 aromatic carbocycles. The molecule has 2 aromatic rings. The zero-order valence-corrected chi connectivity index (χ0v) is 14.7. The minimum atomic E-state index is -0.119. The first-order valence-electron chi connectivity index (χ1n) is 8.79. The Morgan fingerprint density at radius 1 is 1.33 bits per heavy atom. The van der Waals surface area contributed by atoms with Gasteiger partial charge in [0, 0.05) is 31.0 Å². The van der Waals surface area contributed by atoms with Crippen LogP contribution in [0.2, 0.25) is 0 Å². The van der Waals surface area contributed by atoms with Crippen LogP contribution in [0.25, 0.3) is 11.0 Å². The van der Waals surface area contributed by atoms with Gasteiger partial charge in [0.15, 0.2) is 0 Å². The SMILES string of the molecule is Cc1nn(C)c2[nH]c(=O)c(CCC(=O)NCC3CCCC3)c(C)c12. The number of nitrogens with zero attached hydrogens (tertiary/aromatic N) is 2. The summed E-state index contributed by atoms with van der Waals surface area (Å²) in [5.41, 5.74) is 3.14. The van der Waals surface area contributed by atoms with Crippen LogP contribution in [0.15, 0.2) is 4.79 Å². The number of aromatic nitrogens is 3. The summed E-state index contributed by atoms with van der Waals surface area (Å²) in [5, 5.41) is 8.37. The summed E-state index contributed by atoms with van der Waals surface area (Å²) >= 11 is 0. The number of amides is 1. The van der Waals surface area contributed by atoms with Crippen LogP contribution in [0, 0.1) is 19.8 Å². The van der Waals surface area contributed by atoms with Crippen molar-refractivity contribution in [2.24, 2.45) is 13.0 Å². The predicted molar refractivity (Wildman–Crippen MR) is 94.1 cm³/mol. The fourth-order valence-corrected chi connectivity index (χ4v) is 3.86. The van der Waals surface area contributed by atoms with Gasteiger partial charge in [-0.15, -0.1) is 0 Å². The lowest BCUT2D eigenvalue weighted by atomic mass is 10.0. The molecular weight excluding hydrogens is 304 g/mol. The fourth-order valence-electron chi connectivity index (χ4n) is 3.86. The van der Waals surface area contributed by atoms with Crippen molar-refractivity contribution < 1.29 is 4.79 Å². The average Bonchev–Trinajstić information content (AvgIpc) is 3.13. The van der Waals surface area contributed by atoms with Crippen molar-refractivity contribution in [2.45, 2.75) is 52.4 Å².